The van der Waals surface area contributed by atoms with Gasteiger partial charge in [0.25, 0.3) is 0 Å². The van der Waals surface area contributed by atoms with Crippen LogP contribution in [-0.4, -0.2) is 16.1 Å². The molecule has 0 bridgehead atoms. The van der Waals surface area contributed by atoms with E-state index in [-0.39, 0.29) is 11.5 Å². The van der Waals surface area contributed by atoms with Gasteiger partial charge in [-0.3, -0.25) is 0 Å². The Labute approximate surface area is 168 Å². The molecule has 0 radical (unpaired) electrons. The number of anilines is 2. The van der Waals surface area contributed by atoms with Crippen LogP contribution >= 0.6 is 34.5 Å². The van der Waals surface area contributed by atoms with Crippen molar-refractivity contribution < 1.29 is 14.3 Å². The van der Waals surface area contributed by atoms with Gasteiger partial charge in [-0.2, -0.15) is 0 Å². The van der Waals surface area contributed by atoms with Gasteiger partial charge in [0.2, 0.25) is 0 Å². The molecule has 1 aromatic heterocycles. The molecule has 138 valence electrons. The molecule has 1 aliphatic carbocycles. The number of aromatic nitrogens is 1. The van der Waals surface area contributed by atoms with Crippen LogP contribution in [0.1, 0.15) is 33.6 Å². The highest BCUT2D eigenvalue weighted by Gasteiger charge is 2.27. The highest BCUT2D eigenvalue weighted by atomic mass is 35.5. The minimum Gasteiger partial charge on any atom is -0.478 e. The summed E-state index contributed by atoms with van der Waals surface area (Å²) in [5, 5.41) is 13.6. The van der Waals surface area contributed by atoms with Crippen molar-refractivity contribution in [3.63, 3.8) is 0 Å². The van der Waals surface area contributed by atoms with E-state index in [0.29, 0.717) is 20.9 Å². The van der Waals surface area contributed by atoms with Crippen molar-refractivity contribution in [1.82, 2.24) is 4.98 Å². The Morgan fingerprint density at radius 2 is 2.00 bits per heavy atom. The lowest BCUT2D eigenvalue weighted by atomic mass is 9.85. The molecule has 0 spiro atoms. The van der Waals surface area contributed by atoms with Crippen molar-refractivity contribution in [2.45, 2.75) is 19.3 Å². The Morgan fingerprint density at radius 1 is 1.26 bits per heavy atom. The van der Waals surface area contributed by atoms with Crippen molar-refractivity contribution >= 4 is 51.3 Å². The fourth-order valence-electron chi connectivity index (χ4n) is 3.23. The molecule has 0 amide bonds. The zero-order valence-electron chi connectivity index (χ0n) is 14.0. The first-order chi connectivity index (χ1) is 12.8. The SMILES string of the molecule is CC1Cc2sc(Nc3cc(F)cc(C(=O)O)c3)nc2-c2cc(Cl)c(Cl)cc21. The summed E-state index contributed by atoms with van der Waals surface area (Å²) < 4.78 is 13.7. The molecule has 1 unspecified atom stereocenters. The van der Waals surface area contributed by atoms with Gasteiger partial charge in [0.1, 0.15) is 5.82 Å². The van der Waals surface area contributed by atoms with E-state index in [9.17, 15) is 9.18 Å². The smallest absolute Gasteiger partial charge is 0.335 e. The first kappa shape index (κ1) is 18.2. The number of benzene rings is 2. The van der Waals surface area contributed by atoms with Crippen LogP contribution in [0.5, 0.6) is 0 Å². The van der Waals surface area contributed by atoms with E-state index in [0.717, 1.165) is 34.2 Å². The summed E-state index contributed by atoms with van der Waals surface area (Å²) in [7, 11) is 0. The van der Waals surface area contributed by atoms with E-state index >= 15 is 0 Å². The monoisotopic (exact) mass is 422 g/mol. The van der Waals surface area contributed by atoms with Gasteiger partial charge in [-0.25, -0.2) is 14.2 Å². The lowest BCUT2D eigenvalue weighted by Crippen LogP contribution is -2.07. The minimum absolute atomic E-state index is 0.126. The van der Waals surface area contributed by atoms with Gasteiger partial charge in [0.05, 0.1) is 21.3 Å². The van der Waals surface area contributed by atoms with Gasteiger partial charge in [0, 0.05) is 16.1 Å². The summed E-state index contributed by atoms with van der Waals surface area (Å²) in [5.41, 5.74) is 3.06. The van der Waals surface area contributed by atoms with Crippen LogP contribution in [0.25, 0.3) is 11.3 Å². The van der Waals surface area contributed by atoms with Crippen LogP contribution in [0.4, 0.5) is 15.2 Å². The third kappa shape index (κ3) is 3.40. The zero-order valence-corrected chi connectivity index (χ0v) is 16.3. The molecule has 0 saturated carbocycles. The number of carboxylic acids is 1. The molecular weight excluding hydrogens is 410 g/mol. The summed E-state index contributed by atoms with van der Waals surface area (Å²) in [6, 6.07) is 7.29. The maximum atomic E-state index is 13.7. The topological polar surface area (TPSA) is 62.2 Å². The Hall–Kier alpha value is -2.15. The Kier molecular flexibility index (Phi) is 4.58. The van der Waals surface area contributed by atoms with Gasteiger partial charge in [-0.1, -0.05) is 30.1 Å². The maximum Gasteiger partial charge on any atom is 0.335 e. The first-order valence-corrected chi connectivity index (χ1v) is 9.69. The maximum absolute atomic E-state index is 13.7. The first-order valence-electron chi connectivity index (χ1n) is 8.11. The van der Waals surface area contributed by atoms with Gasteiger partial charge >= 0.3 is 5.97 Å². The van der Waals surface area contributed by atoms with Crippen LogP contribution in [0.2, 0.25) is 10.0 Å². The van der Waals surface area contributed by atoms with Crippen LogP contribution in [-0.2, 0) is 6.42 Å². The molecule has 1 heterocycles. The molecule has 8 heteroatoms. The third-order valence-electron chi connectivity index (χ3n) is 4.46. The van der Waals surface area contributed by atoms with E-state index in [4.69, 9.17) is 28.3 Å². The summed E-state index contributed by atoms with van der Waals surface area (Å²) in [4.78, 5) is 16.8. The molecule has 0 fully saturated rings. The molecule has 0 saturated heterocycles. The molecule has 1 aliphatic rings. The van der Waals surface area contributed by atoms with E-state index in [1.165, 1.54) is 23.5 Å². The lowest BCUT2D eigenvalue weighted by Gasteiger charge is -2.22. The Morgan fingerprint density at radius 3 is 2.74 bits per heavy atom. The normalized spacial score (nSPS) is 15.2. The lowest BCUT2D eigenvalue weighted by molar-refractivity contribution is 0.0696. The number of carboxylic acid groups (broad SMARTS) is 1. The molecule has 2 aromatic carbocycles. The Bertz CT molecular complexity index is 1080. The molecule has 1 atom stereocenters. The zero-order chi connectivity index (χ0) is 19.3. The van der Waals surface area contributed by atoms with Gasteiger partial charge in [-0.15, -0.1) is 11.3 Å². The van der Waals surface area contributed by atoms with Crippen molar-refractivity contribution in [2.75, 3.05) is 5.32 Å². The highest BCUT2D eigenvalue weighted by molar-refractivity contribution is 7.16. The number of aromatic carboxylic acids is 1. The van der Waals surface area contributed by atoms with E-state index < -0.39 is 11.8 Å². The second-order valence-corrected chi connectivity index (χ2v) is 8.31. The number of nitrogens with zero attached hydrogens (tertiary/aromatic N) is 1. The van der Waals surface area contributed by atoms with Crippen molar-refractivity contribution in [3.05, 3.63) is 62.2 Å². The van der Waals surface area contributed by atoms with Crippen LogP contribution in [0.3, 0.4) is 0 Å². The molecule has 4 nitrogen and oxygen atoms in total. The molecule has 0 aliphatic heterocycles. The largest absolute Gasteiger partial charge is 0.478 e. The predicted octanol–water partition coefficient (Wildman–Crippen LogP) is 6.36. The predicted molar refractivity (Wildman–Crippen MR) is 106 cm³/mol. The standard InChI is InChI=1S/C19H13Cl2FN2O2S/c1-8-2-16-17(13-7-15(21)14(20)6-12(8)13)24-19(27-16)23-11-4-9(18(25)26)3-10(22)5-11/h3-8H,2H2,1H3,(H,23,24)(H,25,26). The highest BCUT2D eigenvalue weighted by Crippen LogP contribution is 2.45. The van der Waals surface area contributed by atoms with E-state index in [1.807, 2.05) is 12.1 Å². The average molecular weight is 423 g/mol. The molecule has 3 aromatic rings. The number of carbonyl (C=O) groups is 1. The van der Waals surface area contributed by atoms with Crippen LogP contribution in [0, 0.1) is 5.82 Å². The number of nitrogens with one attached hydrogen (secondary N) is 1. The van der Waals surface area contributed by atoms with Crippen molar-refractivity contribution in [3.8, 4) is 11.3 Å². The second kappa shape index (κ2) is 6.78. The summed E-state index contributed by atoms with van der Waals surface area (Å²) in [5.74, 6) is -1.55. The number of hydrogen-bond acceptors (Lipinski definition) is 4. The van der Waals surface area contributed by atoms with E-state index in [2.05, 4.69) is 17.2 Å². The minimum atomic E-state index is -1.19. The third-order valence-corrected chi connectivity index (χ3v) is 6.18. The average Bonchev–Trinajstić information content (AvgIpc) is 2.98. The summed E-state index contributed by atoms with van der Waals surface area (Å²) in [6.45, 7) is 2.12. The molecule has 2 N–H and O–H groups in total. The summed E-state index contributed by atoms with van der Waals surface area (Å²) in [6.07, 6.45) is 0.809. The van der Waals surface area contributed by atoms with Crippen LogP contribution < -0.4 is 5.32 Å². The van der Waals surface area contributed by atoms with Crippen LogP contribution in [0.15, 0.2) is 30.3 Å². The summed E-state index contributed by atoms with van der Waals surface area (Å²) >= 11 is 13.8. The number of hydrogen-bond donors (Lipinski definition) is 2. The second-order valence-electron chi connectivity index (χ2n) is 6.41. The fourth-order valence-corrected chi connectivity index (χ4v) is 4.69. The van der Waals surface area contributed by atoms with Crippen molar-refractivity contribution in [2.24, 2.45) is 0 Å². The molecular formula is C19H13Cl2FN2O2S. The number of halogens is 3. The van der Waals surface area contributed by atoms with Crippen molar-refractivity contribution in [1.29, 1.82) is 0 Å². The number of fused-ring (bicyclic) bond motifs is 3. The fraction of sp³-hybridized carbons (Fsp3) is 0.158. The number of thiazole rings is 1. The van der Waals surface area contributed by atoms with Gasteiger partial charge in [-0.05, 0) is 48.2 Å². The van der Waals surface area contributed by atoms with E-state index in [1.54, 1.807) is 0 Å². The van der Waals surface area contributed by atoms with Gasteiger partial charge in [0.15, 0.2) is 5.13 Å². The molecule has 4 rings (SSSR count). The number of rotatable bonds is 3. The Balaban J connectivity index is 1.73. The molecule has 27 heavy (non-hydrogen) atoms. The quantitative estimate of drug-likeness (QED) is 0.515. The van der Waals surface area contributed by atoms with Gasteiger partial charge < -0.3 is 10.4 Å².